The average Bonchev–Trinajstić information content (AvgIpc) is 2.77. The lowest BCUT2D eigenvalue weighted by Crippen LogP contribution is -2.02. The van der Waals surface area contributed by atoms with Crippen molar-refractivity contribution in [3.63, 3.8) is 0 Å². The number of hydrogen-bond acceptors (Lipinski definition) is 4. The van der Waals surface area contributed by atoms with Crippen LogP contribution in [0.4, 0.5) is 0 Å². The van der Waals surface area contributed by atoms with Gasteiger partial charge in [0.05, 0.1) is 25.4 Å². The predicted octanol–water partition coefficient (Wildman–Crippen LogP) is 6.46. The molecule has 4 aromatic rings. The van der Waals surface area contributed by atoms with Crippen LogP contribution in [0, 0.1) is 6.92 Å². The van der Waals surface area contributed by atoms with E-state index in [1.165, 1.54) is 0 Å². The van der Waals surface area contributed by atoms with E-state index in [9.17, 15) is 0 Å². The summed E-state index contributed by atoms with van der Waals surface area (Å²) in [5, 5.41) is 1.72. The lowest BCUT2D eigenvalue weighted by molar-refractivity contribution is 0.300. The molecular formula is C25H22ClNO3. The van der Waals surface area contributed by atoms with Crippen LogP contribution in [0.25, 0.3) is 22.2 Å². The van der Waals surface area contributed by atoms with E-state index < -0.39 is 0 Å². The zero-order chi connectivity index (χ0) is 21.1. The number of aromatic nitrogens is 1. The summed E-state index contributed by atoms with van der Waals surface area (Å²) in [5.74, 6) is 1.99. The van der Waals surface area contributed by atoms with Gasteiger partial charge in [0, 0.05) is 39.7 Å². The Morgan fingerprint density at radius 2 is 1.53 bits per heavy atom. The van der Waals surface area contributed by atoms with Gasteiger partial charge in [0.15, 0.2) is 0 Å². The van der Waals surface area contributed by atoms with Crippen molar-refractivity contribution in [1.82, 2.24) is 4.98 Å². The highest BCUT2D eigenvalue weighted by Crippen LogP contribution is 2.33. The van der Waals surface area contributed by atoms with Crippen molar-refractivity contribution in [1.29, 1.82) is 0 Å². The molecule has 0 radical (unpaired) electrons. The third-order valence-corrected chi connectivity index (χ3v) is 5.30. The lowest BCUT2D eigenvalue weighted by Gasteiger charge is -2.15. The molecule has 0 N–H and O–H groups in total. The molecule has 3 aromatic carbocycles. The summed E-state index contributed by atoms with van der Waals surface area (Å²) >= 11 is 6.50. The van der Waals surface area contributed by atoms with Crippen LogP contribution < -0.4 is 14.2 Å². The minimum Gasteiger partial charge on any atom is -0.496 e. The monoisotopic (exact) mass is 419 g/mol. The molecule has 0 spiro atoms. The Bertz CT molecular complexity index is 1180. The van der Waals surface area contributed by atoms with Crippen molar-refractivity contribution in [3.05, 3.63) is 82.9 Å². The van der Waals surface area contributed by atoms with Crippen molar-refractivity contribution < 1.29 is 14.2 Å². The topological polar surface area (TPSA) is 40.6 Å². The number of methoxy groups -OCH3 is 2. The van der Waals surface area contributed by atoms with Crippen molar-refractivity contribution in [2.75, 3.05) is 14.2 Å². The van der Waals surface area contributed by atoms with Crippen LogP contribution in [0.5, 0.6) is 17.2 Å². The number of hydrogen-bond donors (Lipinski definition) is 0. The van der Waals surface area contributed by atoms with Crippen LogP contribution in [0.3, 0.4) is 0 Å². The molecule has 0 amide bonds. The zero-order valence-electron chi connectivity index (χ0n) is 17.1. The molecule has 30 heavy (non-hydrogen) atoms. The van der Waals surface area contributed by atoms with Crippen molar-refractivity contribution in [2.24, 2.45) is 0 Å². The predicted molar refractivity (Wildman–Crippen MR) is 121 cm³/mol. The summed E-state index contributed by atoms with van der Waals surface area (Å²) in [6.07, 6.45) is 0. The number of fused-ring (bicyclic) bond motifs is 1. The molecule has 0 unspecified atom stereocenters. The van der Waals surface area contributed by atoms with Gasteiger partial charge in [-0.2, -0.15) is 0 Å². The lowest BCUT2D eigenvalue weighted by atomic mass is 10.0. The van der Waals surface area contributed by atoms with Crippen LogP contribution in [-0.4, -0.2) is 19.2 Å². The minimum absolute atomic E-state index is 0.327. The van der Waals surface area contributed by atoms with Gasteiger partial charge in [-0.3, -0.25) is 0 Å². The molecule has 1 aromatic heterocycles. The number of nitrogens with zero attached hydrogens (tertiary/aromatic N) is 1. The molecule has 0 saturated carbocycles. The zero-order valence-corrected chi connectivity index (χ0v) is 17.9. The Hall–Kier alpha value is -3.24. The number of para-hydroxylation sites is 1. The van der Waals surface area contributed by atoms with Gasteiger partial charge in [-0.25, -0.2) is 4.98 Å². The molecule has 0 atom stereocenters. The Morgan fingerprint density at radius 3 is 2.23 bits per heavy atom. The normalized spacial score (nSPS) is 10.8. The second-order valence-corrected chi connectivity index (χ2v) is 7.37. The van der Waals surface area contributed by atoms with E-state index in [0.717, 1.165) is 33.3 Å². The molecule has 0 aliphatic rings. The first-order valence-electron chi connectivity index (χ1n) is 9.59. The standard InChI is InChI=1S/C25H22ClNO3/c1-16-7-6-8-17-11-18(15-30-21-13-19(28-2)12-20(14-21)29-3)25(27-24(16)17)22-9-4-5-10-23(22)26/h4-14H,15H2,1-3H3. The van der Waals surface area contributed by atoms with E-state index in [2.05, 4.69) is 25.1 Å². The maximum atomic E-state index is 6.50. The maximum Gasteiger partial charge on any atom is 0.127 e. The summed E-state index contributed by atoms with van der Waals surface area (Å²) in [6.45, 7) is 2.39. The van der Waals surface area contributed by atoms with E-state index >= 15 is 0 Å². The third kappa shape index (κ3) is 4.05. The summed E-state index contributed by atoms with van der Waals surface area (Å²) in [5.41, 5.74) is 4.72. The largest absolute Gasteiger partial charge is 0.496 e. The summed E-state index contributed by atoms with van der Waals surface area (Å²) in [6, 6.07) is 21.5. The fourth-order valence-corrected chi connectivity index (χ4v) is 3.64. The molecule has 0 saturated heterocycles. The average molecular weight is 420 g/mol. The van der Waals surface area contributed by atoms with Gasteiger partial charge in [0.1, 0.15) is 23.9 Å². The number of rotatable bonds is 6. The first-order valence-corrected chi connectivity index (χ1v) is 9.97. The maximum absolute atomic E-state index is 6.50. The Morgan fingerprint density at radius 1 is 0.833 bits per heavy atom. The highest BCUT2D eigenvalue weighted by molar-refractivity contribution is 6.33. The number of pyridine rings is 1. The molecule has 152 valence electrons. The fourth-order valence-electron chi connectivity index (χ4n) is 3.41. The molecule has 0 bridgehead atoms. The van der Waals surface area contributed by atoms with Crippen molar-refractivity contribution in [3.8, 4) is 28.5 Å². The van der Waals surface area contributed by atoms with Crippen LogP contribution in [0.15, 0.2) is 66.7 Å². The Balaban J connectivity index is 1.78. The van der Waals surface area contributed by atoms with E-state index in [4.69, 9.17) is 30.8 Å². The molecule has 4 rings (SSSR count). The molecule has 1 heterocycles. The molecular weight excluding hydrogens is 398 g/mol. The summed E-state index contributed by atoms with van der Waals surface area (Å²) in [4.78, 5) is 4.97. The Labute approximate surface area is 181 Å². The van der Waals surface area contributed by atoms with Crippen LogP contribution >= 0.6 is 11.6 Å². The first kappa shape index (κ1) is 20.0. The molecule has 5 heteroatoms. The number of halogens is 1. The van der Waals surface area contributed by atoms with E-state index in [0.29, 0.717) is 28.9 Å². The fraction of sp³-hybridized carbons (Fsp3) is 0.160. The minimum atomic E-state index is 0.327. The first-order chi connectivity index (χ1) is 14.6. The van der Waals surface area contributed by atoms with Gasteiger partial charge in [0.25, 0.3) is 0 Å². The van der Waals surface area contributed by atoms with Gasteiger partial charge in [0.2, 0.25) is 0 Å². The second kappa shape index (κ2) is 8.64. The van der Waals surface area contributed by atoms with Gasteiger partial charge in [-0.05, 0) is 24.6 Å². The molecule has 0 fully saturated rings. The van der Waals surface area contributed by atoms with E-state index in [-0.39, 0.29) is 0 Å². The quantitative estimate of drug-likeness (QED) is 0.359. The smallest absolute Gasteiger partial charge is 0.127 e. The third-order valence-electron chi connectivity index (χ3n) is 4.97. The van der Waals surface area contributed by atoms with E-state index in [1.54, 1.807) is 14.2 Å². The van der Waals surface area contributed by atoms with Gasteiger partial charge in [-0.15, -0.1) is 0 Å². The number of ether oxygens (including phenoxy) is 3. The van der Waals surface area contributed by atoms with Crippen LogP contribution in [-0.2, 0) is 6.61 Å². The molecule has 0 aliphatic heterocycles. The van der Waals surface area contributed by atoms with Crippen molar-refractivity contribution >= 4 is 22.5 Å². The van der Waals surface area contributed by atoms with Gasteiger partial charge >= 0.3 is 0 Å². The molecule has 4 nitrogen and oxygen atoms in total. The Kier molecular flexibility index (Phi) is 5.77. The van der Waals surface area contributed by atoms with Crippen LogP contribution in [0.1, 0.15) is 11.1 Å². The SMILES string of the molecule is COc1cc(OC)cc(OCc2cc3cccc(C)c3nc2-c2ccccc2Cl)c1. The highest BCUT2D eigenvalue weighted by Gasteiger charge is 2.14. The molecule has 0 aliphatic carbocycles. The van der Waals surface area contributed by atoms with Crippen LogP contribution in [0.2, 0.25) is 5.02 Å². The number of benzene rings is 3. The van der Waals surface area contributed by atoms with E-state index in [1.807, 2.05) is 48.5 Å². The summed E-state index contributed by atoms with van der Waals surface area (Å²) in [7, 11) is 3.23. The van der Waals surface area contributed by atoms with Crippen molar-refractivity contribution in [2.45, 2.75) is 13.5 Å². The van der Waals surface area contributed by atoms with Gasteiger partial charge in [-0.1, -0.05) is 48.0 Å². The second-order valence-electron chi connectivity index (χ2n) is 6.96. The number of aryl methyl sites for hydroxylation is 1. The highest BCUT2D eigenvalue weighted by atomic mass is 35.5. The van der Waals surface area contributed by atoms with Gasteiger partial charge < -0.3 is 14.2 Å². The summed E-state index contributed by atoms with van der Waals surface area (Å²) < 4.78 is 16.8.